The van der Waals surface area contributed by atoms with Gasteiger partial charge in [0.1, 0.15) is 0 Å². The summed E-state index contributed by atoms with van der Waals surface area (Å²) in [5.41, 5.74) is 5.81. The molecule has 2 rings (SSSR count). The Bertz CT molecular complexity index is 439. The van der Waals surface area contributed by atoms with Crippen LogP contribution in [0.15, 0.2) is 18.2 Å². The fourth-order valence-corrected chi connectivity index (χ4v) is 2.11. The Morgan fingerprint density at radius 3 is 2.50 bits per heavy atom. The molecule has 0 radical (unpaired) electrons. The summed E-state index contributed by atoms with van der Waals surface area (Å²) in [6.45, 7) is 1.79. The van der Waals surface area contributed by atoms with Gasteiger partial charge in [0.25, 0.3) is 0 Å². The lowest BCUT2D eigenvalue weighted by Crippen LogP contribution is -2.47. The van der Waals surface area contributed by atoms with E-state index in [1.165, 1.54) is 0 Å². The highest BCUT2D eigenvalue weighted by Gasteiger charge is 2.44. The number of carbonyl (C=O) groups is 1. The maximum absolute atomic E-state index is 12.2. The van der Waals surface area contributed by atoms with Crippen LogP contribution in [0, 0.1) is 5.92 Å². The lowest BCUT2D eigenvalue weighted by atomic mass is 9.87. The van der Waals surface area contributed by atoms with Gasteiger partial charge in [-0.2, -0.15) is 0 Å². The molecule has 1 aliphatic rings. The molecule has 86 valence electrons. The number of carbonyl (C=O) groups excluding carboxylic acids is 1. The normalized spacial score (nSPS) is 19.2. The summed E-state index contributed by atoms with van der Waals surface area (Å²) >= 11 is 11.7. The molecular formula is C12H13Cl2NO. The van der Waals surface area contributed by atoms with Crippen LogP contribution in [0.1, 0.15) is 30.1 Å². The molecule has 0 aromatic heterocycles. The minimum Gasteiger partial charge on any atom is -0.319 e. The first-order chi connectivity index (χ1) is 7.43. The molecule has 2 nitrogen and oxygen atoms in total. The fraction of sp³-hybridized carbons (Fsp3) is 0.417. The molecule has 1 aliphatic carbocycles. The van der Waals surface area contributed by atoms with E-state index in [4.69, 9.17) is 28.9 Å². The number of halogens is 2. The van der Waals surface area contributed by atoms with Crippen molar-refractivity contribution < 1.29 is 4.79 Å². The molecule has 0 bridgehead atoms. The SMILES string of the molecule is CC(N)(C(=O)c1ccc(Cl)c(Cl)c1)C1CC1. The maximum Gasteiger partial charge on any atom is 0.182 e. The van der Waals surface area contributed by atoms with E-state index < -0.39 is 5.54 Å². The third kappa shape index (κ3) is 2.10. The van der Waals surface area contributed by atoms with E-state index >= 15 is 0 Å². The van der Waals surface area contributed by atoms with Crippen LogP contribution in [0.2, 0.25) is 10.0 Å². The van der Waals surface area contributed by atoms with Crippen LogP contribution in [-0.2, 0) is 0 Å². The molecule has 1 aromatic rings. The van der Waals surface area contributed by atoms with Crippen LogP contribution in [-0.4, -0.2) is 11.3 Å². The van der Waals surface area contributed by atoms with Gasteiger partial charge in [0.15, 0.2) is 5.78 Å². The lowest BCUT2D eigenvalue weighted by Gasteiger charge is -2.22. The number of benzene rings is 1. The Morgan fingerprint density at radius 2 is 2.00 bits per heavy atom. The van der Waals surface area contributed by atoms with E-state index in [2.05, 4.69) is 0 Å². The number of nitrogens with two attached hydrogens (primary N) is 1. The maximum atomic E-state index is 12.2. The molecule has 1 atom stereocenters. The number of ketones is 1. The van der Waals surface area contributed by atoms with E-state index in [-0.39, 0.29) is 5.78 Å². The molecule has 16 heavy (non-hydrogen) atoms. The van der Waals surface area contributed by atoms with Crippen LogP contribution >= 0.6 is 23.2 Å². The molecular weight excluding hydrogens is 245 g/mol. The van der Waals surface area contributed by atoms with Crippen molar-refractivity contribution in [1.29, 1.82) is 0 Å². The van der Waals surface area contributed by atoms with Gasteiger partial charge in [0.2, 0.25) is 0 Å². The van der Waals surface area contributed by atoms with Gasteiger partial charge >= 0.3 is 0 Å². The van der Waals surface area contributed by atoms with Crippen molar-refractivity contribution in [1.82, 2.24) is 0 Å². The highest BCUT2D eigenvalue weighted by atomic mass is 35.5. The van der Waals surface area contributed by atoms with Crippen molar-refractivity contribution in [2.75, 3.05) is 0 Å². The van der Waals surface area contributed by atoms with Crippen LogP contribution < -0.4 is 5.73 Å². The van der Waals surface area contributed by atoms with E-state index in [9.17, 15) is 4.79 Å². The van der Waals surface area contributed by atoms with Crippen molar-refractivity contribution in [3.8, 4) is 0 Å². The molecule has 1 fully saturated rings. The first-order valence-electron chi connectivity index (χ1n) is 5.21. The smallest absolute Gasteiger partial charge is 0.182 e. The van der Waals surface area contributed by atoms with E-state index in [1.54, 1.807) is 25.1 Å². The summed E-state index contributed by atoms with van der Waals surface area (Å²) in [5, 5.41) is 0.836. The van der Waals surface area contributed by atoms with Gasteiger partial charge in [0.05, 0.1) is 15.6 Å². The van der Waals surface area contributed by atoms with Crippen molar-refractivity contribution in [2.24, 2.45) is 11.7 Å². The number of hydrogen-bond acceptors (Lipinski definition) is 2. The Hall–Kier alpha value is -0.570. The van der Waals surface area contributed by atoms with E-state index in [1.807, 2.05) is 0 Å². The molecule has 0 aliphatic heterocycles. The first kappa shape index (κ1) is 11.9. The second-order valence-corrected chi connectivity index (χ2v) is 5.33. The third-order valence-corrected chi connectivity index (χ3v) is 3.84. The van der Waals surface area contributed by atoms with Gasteiger partial charge in [-0.05, 0) is 43.9 Å². The molecule has 2 N–H and O–H groups in total. The molecule has 1 unspecified atom stereocenters. The quantitative estimate of drug-likeness (QED) is 0.845. The van der Waals surface area contributed by atoms with Crippen molar-refractivity contribution in [3.63, 3.8) is 0 Å². The largest absolute Gasteiger partial charge is 0.319 e. The van der Waals surface area contributed by atoms with Crippen LogP contribution in [0.3, 0.4) is 0 Å². The minimum absolute atomic E-state index is 0.0615. The average molecular weight is 258 g/mol. The average Bonchev–Trinajstić information content (AvgIpc) is 3.04. The van der Waals surface area contributed by atoms with Crippen LogP contribution in [0.5, 0.6) is 0 Å². The van der Waals surface area contributed by atoms with Crippen molar-refractivity contribution >= 4 is 29.0 Å². The minimum atomic E-state index is -0.781. The number of Topliss-reactive ketones (excluding diaryl/α,β-unsaturated/α-hetero) is 1. The van der Waals surface area contributed by atoms with Gasteiger partial charge in [-0.1, -0.05) is 23.2 Å². The molecule has 0 saturated heterocycles. The topological polar surface area (TPSA) is 43.1 Å². The molecule has 0 spiro atoms. The number of hydrogen-bond donors (Lipinski definition) is 1. The van der Waals surface area contributed by atoms with Gasteiger partial charge in [0, 0.05) is 5.56 Å². The Morgan fingerprint density at radius 1 is 1.38 bits per heavy atom. The molecule has 0 heterocycles. The summed E-state index contributed by atoms with van der Waals surface area (Å²) in [7, 11) is 0. The molecule has 0 amide bonds. The molecule has 1 saturated carbocycles. The zero-order valence-corrected chi connectivity index (χ0v) is 10.5. The molecule has 1 aromatic carbocycles. The van der Waals surface area contributed by atoms with Gasteiger partial charge < -0.3 is 5.73 Å². The second-order valence-electron chi connectivity index (χ2n) is 4.51. The van der Waals surface area contributed by atoms with E-state index in [0.29, 0.717) is 21.5 Å². The number of rotatable bonds is 3. The zero-order valence-electron chi connectivity index (χ0n) is 8.97. The Balaban J connectivity index is 2.30. The fourth-order valence-electron chi connectivity index (χ4n) is 1.82. The van der Waals surface area contributed by atoms with Gasteiger partial charge in [-0.3, -0.25) is 4.79 Å². The highest BCUT2D eigenvalue weighted by molar-refractivity contribution is 6.42. The van der Waals surface area contributed by atoms with Crippen LogP contribution in [0.4, 0.5) is 0 Å². The Labute approximate surface area is 105 Å². The zero-order chi connectivity index (χ0) is 11.9. The van der Waals surface area contributed by atoms with Crippen molar-refractivity contribution in [3.05, 3.63) is 33.8 Å². The van der Waals surface area contributed by atoms with Crippen LogP contribution in [0.25, 0.3) is 0 Å². The van der Waals surface area contributed by atoms with Crippen molar-refractivity contribution in [2.45, 2.75) is 25.3 Å². The predicted molar refractivity (Wildman–Crippen MR) is 66.1 cm³/mol. The monoisotopic (exact) mass is 257 g/mol. The summed E-state index contributed by atoms with van der Waals surface area (Å²) in [6, 6.07) is 4.88. The highest BCUT2D eigenvalue weighted by Crippen LogP contribution is 2.40. The predicted octanol–water partition coefficient (Wildman–Crippen LogP) is 3.30. The summed E-state index contributed by atoms with van der Waals surface area (Å²) in [6.07, 6.45) is 2.06. The summed E-state index contributed by atoms with van der Waals surface area (Å²) in [4.78, 5) is 12.2. The summed E-state index contributed by atoms with van der Waals surface area (Å²) < 4.78 is 0. The van der Waals surface area contributed by atoms with E-state index in [0.717, 1.165) is 12.8 Å². The second kappa shape index (κ2) is 4.02. The Kier molecular flexibility index (Phi) is 2.99. The summed E-state index contributed by atoms with van der Waals surface area (Å²) in [5.74, 6) is 0.239. The molecule has 4 heteroatoms. The van der Waals surface area contributed by atoms with Gasteiger partial charge in [-0.25, -0.2) is 0 Å². The first-order valence-corrected chi connectivity index (χ1v) is 5.97. The third-order valence-electron chi connectivity index (χ3n) is 3.10. The van der Waals surface area contributed by atoms with Gasteiger partial charge in [-0.15, -0.1) is 0 Å². The standard InChI is InChI=1S/C12H13Cl2NO/c1-12(15,8-3-4-8)11(16)7-2-5-9(13)10(14)6-7/h2,5-6,8H,3-4,15H2,1H3. The lowest BCUT2D eigenvalue weighted by molar-refractivity contribution is 0.0883.